The number of primary amides is 1. The lowest BCUT2D eigenvalue weighted by Gasteiger charge is -2.00. The standard InChI is InChI=1S/C8H9NO.C7H9NO2S/c1-6-4-2-3-5-7(6)8(9)10;1-6-4-2-3-5-7(6)11(8,9)10/h2-5H,1H3,(H2,9,10);2-5H,1H3,(H2,8,9,10). The van der Waals surface area contributed by atoms with Gasteiger partial charge in [-0.2, -0.15) is 0 Å². The van der Waals surface area contributed by atoms with Crippen molar-refractivity contribution in [3.63, 3.8) is 0 Å². The van der Waals surface area contributed by atoms with Gasteiger partial charge in [0.1, 0.15) is 0 Å². The maximum atomic E-state index is 10.8. The Morgan fingerprint density at radius 3 is 1.71 bits per heavy atom. The zero-order valence-corrected chi connectivity index (χ0v) is 12.7. The molecule has 0 spiro atoms. The van der Waals surface area contributed by atoms with E-state index in [-0.39, 0.29) is 10.8 Å². The fourth-order valence-electron chi connectivity index (χ4n) is 1.73. The van der Waals surface area contributed by atoms with Crippen LogP contribution < -0.4 is 10.9 Å². The Morgan fingerprint density at radius 1 is 0.905 bits per heavy atom. The second-order valence-corrected chi connectivity index (χ2v) is 6.02. The Bertz CT molecular complexity index is 740. The van der Waals surface area contributed by atoms with E-state index in [9.17, 15) is 13.2 Å². The summed E-state index contributed by atoms with van der Waals surface area (Å²) in [5, 5.41) is 4.93. The van der Waals surface area contributed by atoms with Gasteiger partial charge in [-0.25, -0.2) is 13.6 Å². The number of carbonyl (C=O) groups excluding carboxylic acids is 1. The molecule has 6 heteroatoms. The maximum Gasteiger partial charge on any atom is 0.248 e. The van der Waals surface area contributed by atoms with Crippen LogP contribution in [-0.4, -0.2) is 14.3 Å². The first kappa shape index (κ1) is 16.9. The van der Waals surface area contributed by atoms with Gasteiger partial charge in [0.25, 0.3) is 0 Å². The summed E-state index contributed by atoms with van der Waals surface area (Å²) in [6, 6.07) is 13.9. The quantitative estimate of drug-likeness (QED) is 0.883. The predicted molar refractivity (Wildman–Crippen MR) is 82.2 cm³/mol. The highest BCUT2D eigenvalue weighted by atomic mass is 32.2. The van der Waals surface area contributed by atoms with E-state index >= 15 is 0 Å². The minimum Gasteiger partial charge on any atom is -0.366 e. The molecule has 0 atom stereocenters. The van der Waals surface area contributed by atoms with Crippen LogP contribution in [0.4, 0.5) is 0 Å². The number of aryl methyl sites for hydroxylation is 2. The molecule has 0 fully saturated rings. The van der Waals surface area contributed by atoms with Gasteiger partial charge in [0.15, 0.2) is 0 Å². The summed E-state index contributed by atoms with van der Waals surface area (Å²) in [7, 11) is -3.53. The highest BCUT2D eigenvalue weighted by Gasteiger charge is 2.08. The normalized spacial score (nSPS) is 10.4. The van der Waals surface area contributed by atoms with Crippen molar-refractivity contribution in [3.05, 3.63) is 65.2 Å². The van der Waals surface area contributed by atoms with Crippen molar-refractivity contribution in [3.8, 4) is 0 Å². The highest BCUT2D eigenvalue weighted by Crippen LogP contribution is 2.11. The molecular formula is C15H18N2O3S. The number of nitrogens with two attached hydrogens (primary N) is 2. The van der Waals surface area contributed by atoms with Crippen molar-refractivity contribution in [1.29, 1.82) is 0 Å². The van der Waals surface area contributed by atoms with Crippen molar-refractivity contribution >= 4 is 15.9 Å². The second-order valence-electron chi connectivity index (χ2n) is 4.49. The van der Waals surface area contributed by atoms with E-state index in [4.69, 9.17) is 10.9 Å². The molecule has 2 aromatic carbocycles. The Kier molecular flexibility index (Phi) is 5.63. The monoisotopic (exact) mass is 306 g/mol. The van der Waals surface area contributed by atoms with E-state index in [1.807, 2.05) is 19.1 Å². The van der Waals surface area contributed by atoms with E-state index in [1.54, 1.807) is 37.3 Å². The fraction of sp³-hybridized carbons (Fsp3) is 0.133. The van der Waals surface area contributed by atoms with Gasteiger partial charge in [-0.05, 0) is 37.1 Å². The summed E-state index contributed by atoms with van der Waals surface area (Å²) in [6.45, 7) is 3.57. The van der Waals surface area contributed by atoms with Crippen molar-refractivity contribution in [1.82, 2.24) is 0 Å². The smallest absolute Gasteiger partial charge is 0.248 e. The molecule has 0 radical (unpaired) electrons. The number of benzene rings is 2. The molecule has 0 aliphatic rings. The van der Waals surface area contributed by atoms with E-state index in [1.165, 1.54) is 6.07 Å². The lowest BCUT2D eigenvalue weighted by Crippen LogP contribution is -2.13. The second kappa shape index (κ2) is 7.01. The van der Waals surface area contributed by atoms with Crippen molar-refractivity contribution in [2.45, 2.75) is 18.7 Å². The summed E-state index contributed by atoms with van der Waals surface area (Å²) < 4.78 is 21.7. The third kappa shape index (κ3) is 5.02. The van der Waals surface area contributed by atoms with Crippen LogP contribution in [0.1, 0.15) is 21.5 Å². The number of sulfonamides is 1. The van der Waals surface area contributed by atoms with Gasteiger partial charge in [-0.15, -0.1) is 0 Å². The number of carbonyl (C=O) groups is 1. The number of hydrogen-bond donors (Lipinski definition) is 2. The molecule has 4 N–H and O–H groups in total. The molecule has 0 aliphatic carbocycles. The molecule has 0 saturated heterocycles. The van der Waals surface area contributed by atoms with Crippen LogP contribution in [0.5, 0.6) is 0 Å². The zero-order chi connectivity index (χ0) is 16.0. The molecule has 2 aromatic rings. The molecule has 0 bridgehead atoms. The fourth-order valence-corrected chi connectivity index (χ4v) is 2.51. The molecule has 0 heterocycles. The number of rotatable bonds is 2. The topological polar surface area (TPSA) is 103 Å². The van der Waals surface area contributed by atoms with Crippen LogP contribution in [-0.2, 0) is 10.0 Å². The van der Waals surface area contributed by atoms with Crippen molar-refractivity contribution in [2.24, 2.45) is 10.9 Å². The lowest BCUT2D eigenvalue weighted by molar-refractivity contribution is 0.0999. The van der Waals surface area contributed by atoms with Gasteiger partial charge in [0, 0.05) is 5.56 Å². The molecule has 0 saturated carbocycles. The van der Waals surface area contributed by atoms with Gasteiger partial charge >= 0.3 is 0 Å². The van der Waals surface area contributed by atoms with E-state index in [2.05, 4.69) is 0 Å². The lowest BCUT2D eigenvalue weighted by atomic mass is 10.1. The largest absolute Gasteiger partial charge is 0.366 e. The minimum atomic E-state index is -3.53. The number of hydrogen-bond acceptors (Lipinski definition) is 3. The maximum absolute atomic E-state index is 10.8. The Balaban J connectivity index is 0.000000211. The molecule has 0 aliphatic heterocycles. The first-order chi connectivity index (χ1) is 9.73. The Morgan fingerprint density at radius 2 is 1.38 bits per heavy atom. The third-order valence-electron chi connectivity index (χ3n) is 2.81. The zero-order valence-electron chi connectivity index (χ0n) is 11.9. The van der Waals surface area contributed by atoms with E-state index < -0.39 is 10.0 Å². The molecule has 1 amide bonds. The molecule has 0 unspecified atom stereocenters. The van der Waals surface area contributed by atoms with Gasteiger partial charge in [0.05, 0.1) is 4.90 Å². The molecule has 0 aromatic heterocycles. The summed E-state index contributed by atoms with van der Waals surface area (Å²) in [5.41, 5.74) is 7.28. The average molecular weight is 306 g/mol. The van der Waals surface area contributed by atoms with Gasteiger partial charge in [-0.1, -0.05) is 36.4 Å². The van der Waals surface area contributed by atoms with Gasteiger partial charge in [-0.3, -0.25) is 4.79 Å². The van der Waals surface area contributed by atoms with Gasteiger partial charge < -0.3 is 5.73 Å². The van der Waals surface area contributed by atoms with Crippen LogP contribution in [0.2, 0.25) is 0 Å². The molecule has 112 valence electrons. The minimum absolute atomic E-state index is 0.194. The molecule has 21 heavy (non-hydrogen) atoms. The number of primary sulfonamides is 1. The van der Waals surface area contributed by atoms with Crippen LogP contribution in [0.15, 0.2) is 53.4 Å². The van der Waals surface area contributed by atoms with E-state index in [0.717, 1.165) is 5.56 Å². The van der Waals surface area contributed by atoms with Crippen molar-refractivity contribution < 1.29 is 13.2 Å². The highest BCUT2D eigenvalue weighted by molar-refractivity contribution is 7.89. The first-order valence-corrected chi connectivity index (χ1v) is 7.72. The van der Waals surface area contributed by atoms with Gasteiger partial charge in [0.2, 0.25) is 15.9 Å². The van der Waals surface area contributed by atoms with Crippen LogP contribution >= 0.6 is 0 Å². The average Bonchev–Trinajstić information content (AvgIpc) is 2.39. The molecule has 2 rings (SSSR count). The first-order valence-electron chi connectivity index (χ1n) is 6.17. The number of amides is 1. The SMILES string of the molecule is Cc1ccccc1C(N)=O.Cc1ccccc1S(N)(=O)=O. The Hall–Kier alpha value is -2.18. The molecular weight excluding hydrogens is 288 g/mol. The van der Waals surface area contributed by atoms with Crippen LogP contribution in [0, 0.1) is 13.8 Å². The predicted octanol–water partition coefficient (Wildman–Crippen LogP) is 1.74. The van der Waals surface area contributed by atoms with Crippen molar-refractivity contribution in [2.75, 3.05) is 0 Å². The van der Waals surface area contributed by atoms with E-state index in [0.29, 0.717) is 11.1 Å². The van der Waals surface area contributed by atoms with Crippen LogP contribution in [0.3, 0.4) is 0 Å². The summed E-state index contributed by atoms with van der Waals surface area (Å²) in [4.78, 5) is 10.8. The summed E-state index contributed by atoms with van der Waals surface area (Å²) in [5.74, 6) is -0.363. The summed E-state index contributed by atoms with van der Waals surface area (Å²) >= 11 is 0. The molecule has 5 nitrogen and oxygen atoms in total. The summed E-state index contributed by atoms with van der Waals surface area (Å²) in [6.07, 6.45) is 0. The third-order valence-corrected chi connectivity index (χ3v) is 3.88. The Labute approximate surface area is 124 Å². The van der Waals surface area contributed by atoms with Crippen LogP contribution in [0.25, 0.3) is 0 Å².